The minimum atomic E-state index is 1.09. The SMILES string of the molecule is C=C/C=C(\C=C/C)N(/C(C)=C/C=C\C)c1ccccc1. The topological polar surface area (TPSA) is 3.24 Å². The van der Waals surface area contributed by atoms with Crippen LogP contribution in [0.4, 0.5) is 5.69 Å². The second kappa shape index (κ2) is 8.76. The molecule has 0 aliphatic carbocycles. The Labute approximate surface area is 122 Å². The van der Waals surface area contributed by atoms with Crippen LogP contribution in [0.3, 0.4) is 0 Å². The first-order valence-electron chi connectivity index (χ1n) is 6.84. The predicted octanol–water partition coefficient (Wildman–Crippen LogP) is 5.62. The Bertz CT molecular complexity index is 530. The minimum absolute atomic E-state index is 1.09. The lowest BCUT2D eigenvalue weighted by molar-refractivity contribution is 1.10. The smallest absolute Gasteiger partial charge is 0.0458 e. The molecule has 0 amide bonds. The number of nitrogens with zero attached hydrogens (tertiary/aromatic N) is 1. The normalized spacial score (nSPS) is 13.2. The van der Waals surface area contributed by atoms with Gasteiger partial charge in [-0.05, 0) is 51.1 Å². The quantitative estimate of drug-likeness (QED) is 0.603. The van der Waals surface area contributed by atoms with Crippen molar-refractivity contribution in [1.82, 2.24) is 0 Å². The Balaban J connectivity index is 3.33. The summed E-state index contributed by atoms with van der Waals surface area (Å²) in [6.07, 6.45) is 14.1. The summed E-state index contributed by atoms with van der Waals surface area (Å²) >= 11 is 0. The van der Waals surface area contributed by atoms with Crippen LogP contribution in [0.25, 0.3) is 0 Å². The molecule has 0 fully saturated rings. The lowest BCUT2D eigenvalue weighted by Gasteiger charge is -2.26. The number of para-hydroxylation sites is 1. The number of anilines is 1. The van der Waals surface area contributed by atoms with Crippen molar-refractivity contribution in [2.24, 2.45) is 0 Å². The molecule has 0 aliphatic heterocycles. The Morgan fingerprint density at radius 2 is 1.75 bits per heavy atom. The molecule has 0 saturated heterocycles. The maximum atomic E-state index is 3.81. The minimum Gasteiger partial charge on any atom is -0.315 e. The monoisotopic (exact) mass is 265 g/mol. The molecule has 20 heavy (non-hydrogen) atoms. The second-order valence-electron chi connectivity index (χ2n) is 4.33. The molecule has 104 valence electrons. The van der Waals surface area contributed by atoms with Gasteiger partial charge in [-0.3, -0.25) is 0 Å². The summed E-state index contributed by atoms with van der Waals surface area (Å²) in [5.41, 5.74) is 3.38. The molecule has 1 nitrogen and oxygen atoms in total. The summed E-state index contributed by atoms with van der Waals surface area (Å²) in [4.78, 5) is 2.21. The lowest BCUT2D eigenvalue weighted by atomic mass is 10.2. The first-order valence-corrected chi connectivity index (χ1v) is 6.84. The van der Waals surface area contributed by atoms with Gasteiger partial charge in [0.2, 0.25) is 0 Å². The van der Waals surface area contributed by atoms with Gasteiger partial charge < -0.3 is 4.90 Å². The first kappa shape index (κ1) is 15.8. The summed E-state index contributed by atoms with van der Waals surface area (Å²) in [5.74, 6) is 0. The standard InChI is InChI=1S/C19H23N/c1-5-8-14-17(4)20(18(12-6-2)13-7-3)19-15-10-9-11-16-19/h5-16H,2H2,1,3-4H3/b8-5-,13-7-,17-14+,18-12+. The van der Waals surface area contributed by atoms with Gasteiger partial charge in [-0.2, -0.15) is 0 Å². The van der Waals surface area contributed by atoms with Crippen LogP contribution >= 0.6 is 0 Å². The van der Waals surface area contributed by atoms with Crippen LogP contribution in [0.15, 0.2) is 90.8 Å². The van der Waals surface area contributed by atoms with E-state index < -0.39 is 0 Å². The fourth-order valence-corrected chi connectivity index (χ4v) is 1.94. The van der Waals surface area contributed by atoms with Gasteiger partial charge in [-0.1, -0.05) is 49.1 Å². The van der Waals surface area contributed by atoms with Crippen LogP contribution in [0.2, 0.25) is 0 Å². The summed E-state index contributed by atoms with van der Waals surface area (Å²) in [7, 11) is 0. The summed E-state index contributed by atoms with van der Waals surface area (Å²) in [5, 5.41) is 0. The molecule has 1 heteroatoms. The molecule has 0 N–H and O–H groups in total. The predicted molar refractivity (Wildman–Crippen MR) is 90.6 cm³/mol. The Morgan fingerprint density at radius 3 is 2.30 bits per heavy atom. The zero-order chi connectivity index (χ0) is 14.8. The first-order chi connectivity index (χ1) is 9.74. The molecule has 1 aromatic carbocycles. The van der Waals surface area contributed by atoms with Crippen molar-refractivity contribution in [2.75, 3.05) is 4.90 Å². The third-order valence-corrected chi connectivity index (χ3v) is 2.78. The molecule has 0 atom stereocenters. The van der Waals surface area contributed by atoms with Crippen molar-refractivity contribution in [2.45, 2.75) is 20.8 Å². The van der Waals surface area contributed by atoms with E-state index in [9.17, 15) is 0 Å². The van der Waals surface area contributed by atoms with E-state index in [4.69, 9.17) is 0 Å². The van der Waals surface area contributed by atoms with E-state index >= 15 is 0 Å². The highest BCUT2D eigenvalue weighted by atomic mass is 15.1. The Hall–Kier alpha value is -2.28. The number of rotatable bonds is 6. The molecule has 0 aliphatic rings. The average Bonchev–Trinajstić information content (AvgIpc) is 2.47. The largest absolute Gasteiger partial charge is 0.315 e. The fraction of sp³-hybridized carbons (Fsp3) is 0.158. The van der Waals surface area contributed by atoms with Crippen molar-refractivity contribution in [3.63, 3.8) is 0 Å². The summed E-state index contributed by atoms with van der Waals surface area (Å²) < 4.78 is 0. The maximum absolute atomic E-state index is 3.81. The van der Waals surface area contributed by atoms with Crippen LogP contribution in [0.5, 0.6) is 0 Å². The third-order valence-electron chi connectivity index (χ3n) is 2.78. The molecule has 0 bridgehead atoms. The van der Waals surface area contributed by atoms with Gasteiger partial charge in [0, 0.05) is 17.1 Å². The van der Waals surface area contributed by atoms with Gasteiger partial charge >= 0.3 is 0 Å². The number of hydrogen-bond donors (Lipinski definition) is 0. The molecule has 0 unspecified atom stereocenters. The molecule has 0 aromatic heterocycles. The number of allylic oxidation sites excluding steroid dienone is 8. The Kier molecular flexibility index (Phi) is 6.91. The zero-order valence-electron chi connectivity index (χ0n) is 12.6. The van der Waals surface area contributed by atoms with E-state index in [1.807, 2.05) is 62.4 Å². The zero-order valence-corrected chi connectivity index (χ0v) is 12.6. The average molecular weight is 265 g/mol. The highest BCUT2D eigenvalue weighted by molar-refractivity contribution is 5.60. The van der Waals surface area contributed by atoms with E-state index in [2.05, 4.69) is 42.7 Å². The number of benzene rings is 1. The fourth-order valence-electron chi connectivity index (χ4n) is 1.94. The molecule has 0 heterocycles. The highest BCUT2D eigenvalue weighted by Gasteiger charge is 2.10. The van der Waals surface area contributed by atoms with E-state index in [1.54, 1.807) is 0 Å². The van der Waals surface area contributed by atoms with Gasteiger partial charge in [0.25, 0.3) is 0 Å². The van der Waals surface area contributed by atoms with Gasteiger partial charge in [0.1, 0.15) is 0 Å². The van der Waals surface area contributed by atoms with E-state index in [-0.39, 0.29) is 0 Å². The summed E-state index contributed by atoms with van der Waals surface area (Å²) in [6.45, 7) is 9.95. The van der Waals surface area contributed by atoms with Crippen molar-refractivity contribution >= 4 is 5.69 Å². The van der Waals surface area contributed by atoms with E-state index in [0.717, 1.165) is 17.1 Å². The van der Waals surface area contributed by atoms with Crippen molar-refractivity contribution in [3.05, 3.63) is 90.8 Å². The lowest BCUT2D eigenvalue weighted by Crippen LogP contribution is -2.19. The molecule has 0 radical (unpaired) electrons. The van der Waals surface area contributed by atoms with Crippen molar-refractivity contribution in [3.8, 4) is 0 Å². The summed E-state index contributed by atoms with van der Waals surface area (Å²) in [6, 6.07) is 10.3. The number of hydrogen-bond acceptors (Lipinski definition) is 1. The molecule has 1 aromatic rings. The van der Waals surface area contributed by atoms with Crippen molar-refractivity contribution in [1.29, 1.82) is 0 Å². The van der Waals surface area contributed by atoms with Crippen LogP contribution < -0.4 is 4.90 Å². The molecular weight excluding hydrogens is 242 g/mol. The molecule has 0 saturated carbocycles. The van der Waals surface area contributed by atoms with E-state index in [0.29, 0.717) is 0 Å². The third kappa shape index (κ3) is 4.43. The van der Waals surface area contributed by atoms with Crippen LogP contribution in [-0.4, -0.2) is 0 Å². The molecular formula is C19H23N. The highest BCUT2D eigenvalue weighted by Crippen LogP contribution is 2.25. The Morgan fingerprint density at radius 1 is 1.05 bits per heavy atom. The van der Waals surface area contributed by atoms with E-state index in [1.165, 1.54) is 0 Å². The van der Waals surface area contributed by atoms with Crippen LogP contribution in [0, 0.1) is 0 Å². The van der Waals surface area contributed by atoms with Crippen LogP contribution in [0.1, 0.15) is 20.8 Å². The second-order valence-corrected chi connectivity index (χ2v) is 4.33. The van der Waals surface area contributed by atoms with Gasteiger partial charge in [-0.25, -0.2) is 0 Å². The molecule has 1 rings (SSSR count). The van der Waals surface area contributed by atoms with Gasteiger partial charge in [0.15, 0.2) is 0 Å². The molecule has 0 spiro atoms. The maximum Gasteiger partial charge on any atom is 0.0458 e. The van der Waals surface area contributed by atoms with Crippen molar-refractivity contribution < 1.29 is 0 Å². The van der Waals surface area contributed by atoms with Crippen LogP contribution in [-0.2, 0) is 0 Å². The van der Waals surface area contributed by atoms with Gasteiger partial charge in [-0.15, -0.1) is 0 Å². The van der Waals surface area contributed by atoms with Gasteiger partial charge in [0.05, 0.1) is 0 Å².